The van der Waals surface area contributed by atoms with Crippen molar-refractivity contribution in [2.24, 2.45) is 0 Å². The molecular formula is C15H12N2O. The van der Waals surface area contributed by atoms with Crippen molar-refractivity contribution in [2.75, 3.05) is 5.73 Å². The van der Waals surface area contributed by atoms with Crippen LogP contribution in [-0.2, 0) is 0 Å². The standard InChI is InChI=1S/C15H12N2O/c16-15-13(11-7-3-1-4-8-11)14(17-18-15)12-9-5-2-6-10-12/h1-10H,16H2. The van der Waals surface area contributed by atoms with Gasteiger partial charge in [-0.2, -0.15) is 0 Å². The first-order chi connectivity index (χ1) is 8.86. The molecule has 18 heavy (non-hydrogen) atoms. The molecule has 0 spiro atoms. The van der Waals surface area contributed by atoms with Gasteiger partial charge in [0.1, 0.15) is 5.69 Å². The second kappa shape index (κ2) is 4.37. The maximum absolute atomic E-state index is 5.88. The van der Waals surface area contributed by atoms with Crippen molar-refractivity contribution in [3.63, 3.8) is 0 Å². The van der Waals surface area contributed by atoms with Gasteiger partial charge in [-0.25, -0.2) is 0 Å². The van der Waals surface area contributed by atoms with Gasteiger partial charge in [0.2, 0.25) is 5.88 Å². The first-order valence-electron chi connectivity index (χ1n) is 5.72. The van der Waals surface area contributed by atoms with Gasteiger partial charge < -0.3 is 10.3 Å². The fourth-order valence-corrected chi connectivity index (χ4v) is 1.98. The van der Waals surface area contributed by atoms with Gasteiger partial charge in [-0.15, -0.1) is 0 Å². The summed E-state index contributed by atoms with van der Waals surface area (Å²) >= 11 is 0. The zero-order valence-corrected chi connectivity index (χ0v) is 9.71. The van der Waals surface area contributed by atoms with Crippen molar-refractivity contribution in [3.8, 4) is 22.4 Å². The minimum atomic E-state index is 0.347. The number of aromatic nitrogens is 1. The van der Waals surface area contributed by atoms with E-state index in [0.717, 1.165) is 22.4 Å². The fraction of sp³-hybridized carbons (Fsp3) is 0. The second-order valence-electron chi connectivity index (χ2n) is 4.00. The topological polar surface area (TPSA) is 52.0 Å². The molecule has 1 aromatic heterocycles. The Morgan fingerprint density at radius 3 is 1.94 bits per heavy atom. The van der Waals surface area contributed by atoms with Gasteiger partial charge in [-0.3, -0.25) is 0 Å². The molecule has 0 saturated carbocycles. The largest absolute Gasteiger partial charge is 0.367 e. The molecule has 3 heteroatoms. The predicted molar refractivity (Wildman–Crippen MR) is 71.8 cm³/mol. The zero-order chi connectivity index (χ0) is 12.4. The molecule has 0 radical (unpaired) electrons. The van der Waals surface area contributed by atoms with E-state index >= 15 is 0 Å². The summed E-state index contributed by atoms with van der Waals surface area (Å²) in [5, 5.41) is 4.06. The Hall–Kier alpha value is -2.55. The average molecular weight is 236 g/mol. The lowest BCUT2D eigenvalue weighted by molar-refractivity contribution is 0.439. The molecule has 0 amide bonds. The van der Waals surface area contributed by atoms with Crippen molar-refractivity contribution in [2.45, 2.75) is 0 Å². The third-order valence-corrected chi connectivity index (χ3v) is 2.83. The highest BCUT2D eigenvalue weighted by Gasteiger charge is 2.16. The maximum atomic E-state index is 5.88. The summed E-state index contributed by atoms with van der Waals surface area (Å²) in [4.78, 5) is 0. The molecule has 0 atom stereocenters. The first-order valence-corrected chi connectivity index (χ1v) is 5.72. The summed E-state index contributed by atoms with van der Waals surface area (Å²) < 4.78 is 5.13. The van der Waals surface area contributed by atoms with Crippen LogP contribution in [0.2, 0.25) is 0 Å². The van der Waals surface area contributed by atoms with Crippen LogP contribution >= 0.6 is 0 Å². The molecule has 0 aliphatic carbocycles. The van der Waals surface area contributed by atoms with Crippen molar-refractivity contribution < 1.29 is 4.52 Å². The van der Waals surface area contributed by atoms with Gasteiger partial charge in [0.25, 0.3) is 0 Å². The molecule has 0 saturated heterocycles. The Morgan fingerprint density at radius 1 is 0.778 bits per heavy atom. The SMILES string of the molecule is Nc1onc(-c2ccccc2)c1-c1ccccc1. The van der Waals surface area contributed by atoms with E-state index in [2.05, 4.69) is 5.16 Å². The van der Waals surface area contributed by atoms with E-state index in [4.69, 9.17) is 10.3 Å². The Bertz CT molecular complexity index is 645. The average Bonchev–Trinajstić information content (AvgIpc) is 2.83. The fourth-order valence-electron chi connectivity index (χ4n) is 1.98. The Labute approximate surface area is 105 Å². The summed E-state index contributed by atoms with van der Waals surface area (Å²) in [7, 11) is 0. The molecule has 2 N–H and O–H groups in total. The van der Waals surface area contributed by atoms with Crippen molar-refractivity contribution in [1.29, 1.82) is 0 Å². The van der Waals surface area contributed by atoms with E-state index < -0.39 is 0 Å². The highest BCUT2D eigenvalue weighted by Crippen LogP contribution is 2.35. The summed E-state index contributed by atoms with van der Waals surface area (Å²) in [6.45, 7) is 0. The summed E-state index contributed by atoms with van der Waals surface area (Å²) in [5.41, 5.74) is 9.51. The number of benzene rings is 2. The van der Waals surface area contributed by atoms with Crippen LogP contribution in [0, 0.1) is 0 Å². The van der Waals surface area contributed by atoms with Crippen molar-refractivity contribution >= 4 is 5.88 Å². The van der Waals surface area contributed by atoms with E-state index in [-0.39, 0.29) is 0 Å². The summed E-state index contributed by atoms with van der Waals surface area (Å²) in [5.74, 6) is 0.347. The Morgan fingerprint density at radius 2 is 1.33 bits per heavy atom. The van der Waals surface area contributed by atoms with Crippen LogP contribution in [0.3, 0.4) is 0 Å². The molecule has 0 aliphatic heterocycles. The number of nitrogens with two attached hydrogens (primary N) is 1. The van der Waals surface area contributed by atoms with Crippen molar-refractivity contribution in [3.05, 3.63) is 60.7 Å². The normalized spacial score (nSPS) is 10.4. The lowest BCUT2D eigenvalue weighted by Gasteiger charge is -2.02. The van der Waals surface area contributed by atoms with Gasteiger partial charge in [-0.1, -0.05) is 65.8 Å². The summed E-state index contributed by atoms with van der Waals surface area (Å²) in [6.07, 6.45) is 0. The molecule has 88 valence electrons. The van der Waals surface area contributed by atoms with Crippen LogP contribution in [0.25, 0.3) is 22.4 Å². The van der Waals surface area contributed by atoms with Crippen LogP contribution in [0.1, 0.15) is 0 Å². The molecule has 3 nitrogen and oxygen atoms in total. The molecule has 3 aromatic rings. The maximum Gasteiger partial charge on any atom is 0.230 e. The molecule has 0 aliphatic rings. The van der Waals surface area contributed by atoms with Crippen molar-refractivity contribution in [1.82, 2.24) is 5.16 Å². The molecule has 1 heterocycles. The minimum Gasteiger partial charge on any atom is -0.367 e. The molecular weight excluding hydrogens is 224 g/mol. The Balaban J connectivity index is 2.19. The number of nitrogen functional groups attached to an aromatic ring is 1. The highest BCUT2D eigenvalue weighted by molar-refractivity contribution is 5.86. The van der Waals surface area contributed by atoms with Crippen LogP contribution in [-0.4, -0.2) is 5.16 Å². The molecule has 0 bridgehead atoms. The molecule has 2 aromatic carbocycles. The van der Waals surface area contributed by atoms with E-state index in [1.165, 1.54) is 0 Å². The van der Waals surface area contributed by atoms with Gasteiger partial charge in [0.15, 0.2) is 0 Å². The van der Waals surface area contributed by atoms with Gasteiger partial charge in [0.05, 0.1) is 5.56 Å². The van der Waals surface area contributed by atoms with Crippen LogP contribution < -0.4 is 5.73 Å². The van der Waals surface area contributed by atoms with Gasteiger partial charge in [-0.05, 0) is 5.56 Å². The molecule has 3 rings (SSSR count). The highest BCUT2D eigenvalue weighted by atomic mass is 16.5. The quantitative estimate of drug-likeness (QED) is 0.739. The zero-order valence-electron chi connectivity index (χ0n) is 9.71. The number of anilines is 1. The monoisotopic (exact) mass is 236 g/mol. The van der Waals surface area contributed by atoms with E-state index in [0.29, 0.717) is 5.88 Å². The van der Waals surface area contributed by atoms with Crippen LogP contribution in [0.15, 0.2) is 65.2 Å². The molecule has 0 fully saturated rings. The second-order valence-corrected chi connectivity index (χ2v) is 4.00. The van der Waals surface area contributed by atoms with E-state index in [9.17, 15) is 0 Å². The van der Waals surface area contributed by atoms with E-state index in [1.54, 1.807) is 0 Å². The number of hydrogen-bond acceptors (Lipinski definition) is 3. The predicted octanol–water partition coefficient (Wildman–Crippen LogP) is 3.59. The van der Waals surface area contributed by atoms with E-state index in [1.807, 2.05) is 60.7 Å². The number of hydrogen-bond donors (Lipinski definition) is 1. The van der Waals surface area contributed by atoms with Gasteiger partial charge in [0, 0.05) is 5.56 Å². The lowest BCUT2D eigenvalue weighted by atomic mass is 10.0. The smallest absolute Gasteiger partial charge is 0.230 e. The van der Waals surface area contributed by atoms with Gasteiger partial charge >= 0.3 is 0 Å². The Kier molecular flexibility index (Phi) is 2.57. The third-order valence-electron chi connectivity index (χ3n) is 2.83. The minimum absolute atomic E-state index is 0.347. The summed E-state index contributed by atoms with van der Waals surface area (Å²) in [6, 6.07) is 19.8. The third kappa shape index (κ3) is 1.76. The number of rotatable bonds is 2. The van der Waals surface area contributed by atoms with Crippen LogP contribution in [0.4, 0.5) is 5.88 Å². The van der Waals surface area contributed by atoms with Crippen LogP contribution in [0.5, 0.6) is 0 Å². The first kappa shape index (κ1) is 10.6. The molecule has 0 unspecified atom stereocenters. The number of nitrogens with zero attached hydrogens (tertiary/aromatic N) is 1. The lowest BCUT2D eigenvalue weighted by Crippen LogP contribution is -1.87.